The third-order valence-electron chi connectivity index (χ3n) is 4.36. The van der Waals surface area contributed by atoms with E-state index in [0.717, 1.165) is 30.1 Å². The number of thiazole rings is 1. The highest BCUT2D eigenvalue weighted by Gasteiger charge is 2.26. The van der Waals surface area contributed by atoms with Gasteiger partial charge < -0.3 is 10.2 Å². The molecule has 1 unspecified atom stereocenters. The number of carbonyl (C=O) groups is 2. The van der Waals surface area contributed by atoms with Crippen molar-refractivity contribution in [1.29, 1.82) is 0 Å². The zero-order valence-corrected chi connectivity index (χ0v) is 16.0. The molecule has 5 nitrogen and oxygen atoms in total. The van der Waals surface area contributed by atoms with Crippen LogP contribution in [0.3, 0.4) is 0 Å². The molecule has 1 aliphatic rings. The van der Waals surface area contributed by atoms with Crippen molar-refractivity contribution in [3.8, 4) is 0 Å². The van der Waals surface area contributed by atoms with Crippen molar-refractivity contribution in [1.82, 2.24) is 9.88 Å². The molecule has 1 aliphatic heterocycles. The number of aromatic nitrogens is 1. The van der Waals surface area contributed by atoms with Gasteiger partial charge in [-0.05, 0) is 44.6 Å². The van der Waals surface area contributed by atoms with Crippen molar-refractivity contribution < 1.29 is 9.59 Å². The van der Waals surface area contributed by atoms with Gasteiger partial charge in [-0.1, -0.05) is 23.9 Å². The van der Waals surface area contributed by atoms with Gasteiger partial charge in [0.2, 0.25) is 0 Å². The standard InChI is InChI=1S/C18H21N3O2S2/c1-12-7-5-6-10-21(12)17(23)13-8-3-4-9-14(13)19-16(22)15-11-25-18(20-15)24-2/h3-4,8-9,11-12H,5-7,10H2,1-2H3,(H,19,22). The van der Waals surface area contributed by atoms with Gasteiger partial charge in [-0.15, -0.1) is 11.3 Å². The summed E-state index contributed by atoms with van der Waals surface area (Å²) in [6.07, 6.45) is 5.14. The molecular weight excluding hydrogens is 354 g/mol. The van der Waals surface area contributed by atoms with E-state index in [1.165, 1.54) is 23.1 Å². The van der Waals surface area contributed by atoms with Gasteiger partial charge in [0.25, 0.3) is 11.8 Å². The highest BCUT2D eigenvalue weighted by molar-refractivity contribution is 8.00. The summed E-state index contributed by atoms with van der Waals surface area (Å²) >= 11 is 2.94. The average Bonchev–Trinajstić information content (AvgIpc) is 3.11. The summed E-state index contributed by atoms with van der Waals surface area (Å²) in [5, 5.41) is 4.58. The molecule has 1 saturated heterocycles. The van der Waals surface area contributed by atoms with E-state index in [9.17, 15) is 9.59 Å². The Morgan fingerprint density at radius 3 is 2.84 bits per heavy atom. The number of hydrogen-bond acceptors (Lipinski definition) is 5. The van der Waals surface area contributed by atoms with Crippen molar-refractivity contribution in [3.05, 3.63) is 40.9 Å². The van der Waals surface area contributed by atoms with Crippen LogP contribution in [0.15, 0.2) is 34.0 Å². The zero-order chi connectivity index (χ0) is 17.8. The Balaban J connectivity index is 1.80. The number of nitrogens with zero attached hydrogens (tertiary/aromatic N) is 2. The summed E-state index contributed by atoms with van der Waals surface area (Å²) in [5.41, 5.74) is 1.45. The van der Waals surface area contributed by atoms with Crippen molar-refractivity contribution >= 4 is 40.6 Å². The molecule has 2 heterocycles. The molecule has 2 amide bonds. The minimum atomic E-state index is -0.288. The highest BCUT2D eigenvalue weighted by atomic mass is 32.2. The molecule has 1 fully saturated rings. The Morgan fingerprint density at radius 2 is 2.12 bits per heavy atom. The number of para-hydroxylation sites is 1. The smallest absolute Gasteiger partial charge is 0.275 e. The molecule has 3 rings (SSSR count). The number of likely N-dealkylation sites (tertiary alicyclic amines) is 1. The Labute approximate surface area is 155 Å². The number of anilines is 1. The van der Waals surface area contributed by atoms with Gasteiger partial charge >= 0.3 is 0 Å². The fourth-order valence-electron chi connectivity index (χ4n) is 2.97. The molecule has 0 radical (unpaired) electrons. The monoisotopic (exact) mass is 375 g/mol. The maximum atomic E-state index is 13.0. The van der Waals surface area contributed by atoms with Crippen LogP contribution in [-0.2, 0) is 0 Å². The first-order chi connectivity index (χ1) is 12.1. The van der Waals surface area contributed by atoms with Crippen LogP contribution >= 0.6 is 23.1 Å². The first-order valence-electron chi connectivity index (χ1n) is 8.31. The van der Waals surface area contributed by atoms with E-state index < -0.39 is 0 Å². The van der Waals surface area contributed by atoms with E-state index in [1.54, 1.807) is 17.5 Å². The number of piperidine rings is 1. The fourth-order valence-corrected chi connectivity index (χ4v) is 4.22. The molecule has 1 aromatic carbocycles. The highest BCUT2D eigenvalue weighted by Crippen LogP contribution is 2.24. The summed E-state index contributed by atoms with van der Waals surface area (Å²) in [6, 6.07) is 7.41. The molecule has 1 aromatic heterocycles. The lowest BCUT2D eigenvalue weighted by Gasteiger charge is -2.33. The SMILES string of the molecule is CSc1nc(C(=O)Nc2ccccc2C(=O)N2CCCCC2C)cs1. The first kappa shape index (κ1) is 17.9. The van der Waals surface area contributed by atoms with E-state index >= 15 is 0 Å². The largest absolute Gasteiger partial charge is 0.336 e. The molecule has 0 aliphatic carbocycles. The van der Waals surface area contributed by atoms with Gasteiger partial charge in [0.15, 0.2) is 0 Å². The quantitative estimate of drug-likeness (QED) is 0.816. The predicted octanol–water partition coefficient (Wildman–Crippen LogP) is 4.13. The molecule has 7 heteroatoms. The van der Waals surface area contributed by atoms with Gasteiger partial charge in [-0.3, -0.25) is 9.59 Å². The number of rotatable bonds is 4. The minimum Gasteiger partial charge on any atom is -0.336 e. The normalized spacial score (nSPS) is 17.4. The van der Waals surface area contributed by atoms with Crippen molar-refractivity contribution in [2.45, 2.75) is 36.6 Å². The lowest BCUT2D eigenvalue weighted by atomic mass is 10.0. The number of benzene rings is 1. The number of amides is 2. The summed E-state index contributed by atoms with van der Waals surface area (Å²) in [4.78, 5) is 31.6. The number of carbonyl (C=O) groups excluding carboxylic acids is 2. The second kappa shape index (κ2) is 8.01. The lowest BCUT2D eigenvalue weighted by molar-refractivity contribution is 0.0636. The summed E-state index contributed by atoms with van der Waals surface area (Å²) < 4.78 is 0.844. The van der Waals surface area contributed by atoms with E-state index in [0.29, 0.717) is 16.9 Å². The average molecular weight is 376 g/mol. The third-order valence-corrected chi connectivity index (χ3v) is 6.22. The van der Waals surface area contributed by atoms with E-state index in [1.807, 2.05) is 23.3 Å². The van der Waals surface area contributed by atoms with Crippen LogP contribution < -0.4 is 5.32 Å². The Hall–Kier alpha value is -1.86. The van der Waals surface area contributed by atoms with Crippen LogP contribution in [0.25, 0.3) is 0 Å². The van der Waals surface area contributed by atoms with Crippen LogP contribution in [0.5, 0.6) is 0 Å². The zero-order valence-electron chi connectivity index (χ0n) is 14.3. The van der Waals surface area contributed by atoms with Gasteiger partial charge in [-0.25, -0.2) is 4.98 Å². The Morgan fingerprint density at radius 1 is 1.32 bits per heavy atom. The minimum absolute atomic E-state index is 0.0221. The summed E-state index contributed by atoms with van der Waals surface area (Å²) in [7, 11) is 0. The van der Waals surface area contributed by atoms with Gasteiger partial charge in [-0.2, -0.15) is 0 Å². The van der Waals surface area contributed by atoms with Crippen LogP contribution in [0.1, 0.15) is 47.0 Å². The van der Waals surface area contributed by atoms with Crippen LogP contribution in [0.4, 0.5) is 5.69 Å². The molecule has 0 saturated carbocycles. The molecule has 0 bridgehead atoms. The van der Waals surface area contributed by atoms with Crippen molar-refractivity contribution in [2.75, 3.05) is 18.1 Å². The molecule has 1 atom stereocenters. The maximum absolute atomic E-state index is 13.0. The molecule has 1 N–H and O–H groups in total. The van der Waals surface area contributed by atoms with Gasteiger partial charge in [0.05, 0.1) is 11.3 Å². The molecule has 25 heavy (non-hydrogen) atoms. The fraction of sp³-hybridized carbons (Fsp3) is 0.389. The second-order valence-corrected chi connectivity index (χ2v) is 7.96. The first-order valence-corrected chi connectivity index (χ1v) is 10.4. The predicted molar refractivity (Wildman–Crippen MR) is 103 cm³/mol. The lowest BCUT2D eigenvalue weighted by Crippen LogP contribution is -2.42. The van der Waals surface area contributed by atoms with E-state index in [-0.39, 0.29) is 17.9 Å². The molecule has 2 aromatic rings. The molecule has 0 spiro atoms. The van der Waals surface area contributed by atoms with Crippen molar-refractivity contribution in [2.24, 2.45) is 0 Å². The van der Waals surface area contributed by atoms with Gasteiger partial charge in [0, 0.05) is 18.0 Å². The van der Waals surface area contributed by atoms with Crippen LogP contribution in [0, 0.1) is 0 Å². The van der Waals surface area contributed by atoms with Crippen LogP contribution in [-0.4, -0.2) is 40.5 Å². The van der Waals surface area contributed by atoms with Crippen LogP contribution in [0.2, 0.25) is 0 Å². The second-order valence-electron chi connectivity index (χ2n) is 6.05. The maximum Gasteiger partial charge on any atom is 0.275 e. The molecular formula is C18H21N3O2S2. The number of hydrogen-bond donors (Lipinski definition) is 1. The topological polar surface area (TPSA) is 62.3 Å². The summed E-state index contributed by atoms with van der Waals surface area (Å²) in [5.74, 6) is -0.310. The number of nitrogens with one attached hydrogen (secondary N) is 1. The number of thioether (sulfide) groups is 1. The van der Waals surface area contributed by atoms with Gasteiger partial charge in [0.1, 0.15) is 10.0 Å². The van der Waals surface area contributed by atoms with E-state index in [2.05, 4.69) is 17.2 Å². The summed E-state index contributed by atoms with van der Waals surface area (Å²) in [6.45, 7) is 2.85. The van der Waals surface area contributed by atoms with Crippen molar-refractivity contribution in [3.63, 3.8) is 0 Å². The van der Waals surface area contributed by atoms with E-state index in [4.69, 9.17) is 0 Å². The Kier molecular flexibility index (Phi) is 5.75. The molecule has 132 valence electrons. The third kappa shape index (κ3) is 4.04. The Bertz CT molecular complexity index is 775.